The molecule has 1 saturated carbocycles. The fraction of sp³-hybridized carbons (Fsp3) is 1.00. The van der Waals surface area contributed by atoms with Gasteiger partial charge in [0.15, 0.2) is 0 Å². The van der Waals surface area contributed by atoms with Crippen LogP contribution in [0.25, 0.3) is 0 Å². The molecular weight excluding hydrogens is 224 g/mol. The smallest absolute Gasteiger partial charge is 0.0593 e. The minimum atomic E-state index is 0.647. The minimum Gasteiger partial charge on any atom is -0.380 e. The summed E-state index contributed by atoms with van der Waals surface area (Å²) in [4.78, 5) is 2.65. The molecule has 2 aliphatic rings. The van der Waals surface area contributed by atoms with E-state index in [-0.39, 0.29) is 0 Å². The lowest BCUT2D eigenvalue weighted by molar-refractivity contribution is 0.0516. The number of rotatable bonds is 7. The first kappa shape index (κ1) is 14.3. The molecule has 0 radical (unpaired) electrons. The van der Waals surface area contributed by atoms with Crippen LogP contribution in [0.5, 0.6) is 0 Å². The maximum Gasteiger partial charge on any atom is 0.0593 e. The second-order valence-corrected chi connectivity index (χ2v) is 6.38. The molecule has 106 valence electrons. The summed E-state index contributed by atoms with van der Waals surface area (Å²) in [6, 6.07) is 1.46. The van der Waals surface area contributed by atoms with Gasteiger partial charge in [-0.2, -0.15) is 0 Å². The van der Waals surface area contributed by atoms with Gasteiger partial charge in [-0.05, 0) is 31.1 Å². The van der Waals surface area contributed by atoms with Gasteiger partial charge in [-0.15, -0.1) is 0 Å². The van der Waals surface area contributed by atoms with Crippen molar-refractivity contribution in [3.63, 3.8) is 0 Å². The molecule has 0 bridgehead atoms. The Labute approximate surface area is 112 Å². The van der Waals surface area contributed by atoms with Crippen molar-refractivity contribution < 1.29 is 4.74 Å². The van der Waals surface area contributed by atoms with Gasteiger partial charge in [0.05, 0.1) is 6.61 Å². The zero-order valence-electron chi connectivity index (χ0n) is 12.3. The third-order valence-corrected chi connectivity index (χ3v) is 4.20. The number of piperazine rings is 1. The van der Waals surface area contributed by atoms with Crippen molar-refractivity contribution in [1.29, 1.82) is 0 Å². The molecule has 0 amide bonds. The van der Waals surface area contributed by atoms with Crippen molar-refractivity contribution in [3.05, 3.63) is 0 Å². The molecule has 2 fully saturated rings. The fourth-order valence-corrected chi connectivity index (χ4v) is 2.87. The zero-order valence-corrected chi connectivity index (χ0v) is 12.3. The third-order valence-electron chi connectivity index (χ3n) is 4.20. The van der Waals surface area contributed by atoms with Gasteiger partial charge >= 0.3 is 0 Å². The van der Waals surface area contributed by atoms with Gasteiger partial charge in [-0.25, -0.2) is 0 Å². The summed E-state index contributed by atoms with van der Waals surface area (Å²) < 4.78 is 5.74. The molecule has 1 aliphatic heterocycles. The van der Waals surface area contributed by atoms with Crippen LogP contribution in [0, 0.1) is 11.8 Å². The highest BCUT2D eigenvalue weighted by atomic mass is 16.5. The Bertz CT molecular complexity index is 241. The Balaban J connectivity index is 1.71. The Morgan fingerprint density at radius 2 is 2.11 bits per heavy atom. The molecule has 2 unspecified atom stereocenters. The molecular formula is C15H30N2O. The number of hydrogen-bond acceptors (Lipinski definition) is 3. The van der Waals surface area contributed by atoms with Crippen LogP contribution in [0.2, 0.25) is 0 Å². The highest BCUT2D eigenvalue weighted by Gasteiger charge is 2.36. The Hall–Kier alpha value is -0.120. The Morgan fingerprint density at radius 3 is 2.72 bits per heavy atom. The standard InChI is InChI=1S/C15H30N2O/c1-4-14-9-16-15(13-5-6-13)10-17(14)7-8-18-11-12(2)3/h12-16H,4-11H2,1-3H3. The van der Waals surface area contributed by atoms with Crippen LogP contribution in [0.1, 0.15) is 40.0 Å². The van der Waals surface area contributed by atoms with Crippen LogP contribution in [-0.2, 0) is 4.74 Å². The topological polar surface area (TPSA) is 24.5 Å². The molecule has 2 atom stereocenters. The SMILES string of the molecule is CCC1CNC(C2CC2)CN1CCOCC(C)C. The molecule has 0 spiro atoms. The van der Waals surface area contributed by atoms with Crippen LogP contribution in [0.3, 0.4) is 0 Å². The van der Waals surface area contributed by atoms with E-state index in [2.05, 4.69) is 31.0 Å². The molecule has 0 aromatic heterocycles. The van der Waals surface area contributed by atoms with E-state index in [1.807, 2.05) is 0 Å². The quantitative estimate of drug-likeness (QED) is 0.704. The first-order chi connectivity index (χ1) is 8.70. The van der Waals surface area contributed by atoms with E-state index in [4.69, 9.17) is 4.74 Å². The third kappa shape index (κ3) is 4.22. The number of hydrogen-bond donors (Lipinski definition) is 1. The molecule has 1 aliphatic carbocycles. The van der Waals surface area contributed by atoms with E-state index in [0.29, 0.717) is 12.0 Å². The zero-order chi connectivity index (χ0) is 13.0. The van der Waals surface area contributed by atoms with Crippen molar-refractivity contribution in [2.45, 2.75) is 52.1 Å². The van der Waals surface area contributed by atoms with E-state index < -0.39 is 0 Å². The summed E-state index contributed by atoms with van der Waals surface area (Å²) >= 11 is 0. The second-order valence-electron chi connectivity index (χ2n) is 6.38. The van der Waals surface area contributed by atoms with Gasteiger partial charge in [-0.1, -0.05) is 20.8 Å². The predicted molar refractivity (Wildman–Crippen MR) is 75.8 cm³/mol. The van der Waals surface area contributed by atoms with Crippen LogP contribution in [0.15, 0.2) is 0 Å². The van der Waals surface area contributed by atoms with Gasteiger partial charge in [0, 0.05) is 38.3 Å². The second kappa shape index (κ2) is 6.88. The summed E-state index contributed by atoms with van der Waals surface area (Å²) in [6.07, 6.45) is 4.12. The van der Waals surface area contributed by atoms with Crippen LogP contribution < -0.4 is 5.32 Å². The largest absolute Gasteiger partial charge is 0.380 e. The molecule has 0 aromatic rings. The molecule has 3 nitrogen and oxygen atoms in total. The average Bonchev–Trinajstić information content (AvgIpc) is 3.18. The van der Waals surface area contributed by atoms with Gasteiger partial charge in [0.1, 0.15) is 0 Å². The van der Waals surface area contributed by atoms with Crippen molar-refractivity contribution in [2.24, 2.45) is 11.8 Å². The summed E-state index contributed by atoms with van der Waals surface area (Å²) in [5, 5.41) is 3.74. The van der Waals surface area contributed by atoms with Crippen molar-refractivity contribution >= 4 is 0 Å². The number of nitrogens with one attached hydrogen (secondary N) is 1. The number of ether oxygens (including phenoxy) is 1. The molecule has 1 saturated heterocycles. The Morgan fingerprint density at radius 1 is 1.33 bits per heavy atom. The predicted octanol–water partition coefficient (Wildman–Crippen LogP) is 2.12. The molecule has 3 heteroatoms. The summed E-state index contributed by atoms with van der Waals surface area (Å²) in [5.41, 5.74) is 0. The fourth-order valence-electron chi connectivity index (χ4n) is 2.87. The molecule has 2 rings (SSSR count). The van der Waals surface area contributed by atoms with E-state index >= 15 is 0 Å². The van der Waals surface area contributed by atoms with Gasteiger partial charge in [0.25, 0.3) is 0 Å². The van der Waals surface area contributed by atoms with Gasteiger partial charge < -0.3 is 10.1 Å². The van der Waals surface area contributed by atoms with Crippen molar-refractivity contribution in [1.82, 2.24) is 10.2 Å². The lowest BCUT2D eigenvalue weighted by Gasteiger charge is -2.40. The van der Waals surface area contributed by atoms with Gasteiger partial charge in [-0.3, -0.25) is 4.90 Å². The minimum absolute atomic E-state index is 0.647. The summed E-state index contributed by atoms with van der Waals surface area (Å²) in [6.45, 7) is 12.0. The van der Waals surface area contributed by atoms with E-state index in [0.717, 1.165) is 31.7 Å². The lowest BCUT2D eigenvalue weighted by Crippen LogP contribution is -2.57. The summed E-state index contributed by atoms with van der Waals surface area (Å²) in [7, 11) is 0. The number of nitrogens with zero attached hydrogens (tertiary/aromatic N) is 1. The Kier molecular flexibility index (Phi) is 5.46. The highest BCUT2D eigenvalue weighted by Crippen LogP contribution is 2.34. The van der Waals surface area contributed by atoms with Crippen LogP contribution in [-0.4, -0.2) is 49.8 Å². The first-order valence-corrected chi connectivity index (χ1v) is 7.75. The van der Waals surface area contributed by atoms with Crippen LogP contribution >= 0.6 is 0 Å². The van der Waals surface area contributed by atoms with Gasteiger partial charge in [0.2, 0.25) is 0 Å². The maximum atomic E-state index is 5.74. The first-order valence-electron chi connectivity index (χ1n) is 7.75. The van der Waals surface area contributed by atoms with E-state index in [1.54, 1.807) is 0 Å². The lowest BCUT2D eigenvalue weighted by atomic mass is 10.0. The highest BCUT2D eigenvalue weighted by molar-refractivity contribution is 4.94. The van der Waals surface area contributed by atoms with E-state index in [1.165, 1.54) is 32.4 Å². The molecule has 1 heterocycles. The maximum absolute atomic E-state index is 5.74. The monoisotopic (exact) mass is 254 g/mol. The average molecular weight is 254 g/mol. The van der Waals surface area contributed by atoms with Crippen molar-refractivity contribution in [3.8, 4) is 0 Å². The molecule has 0 aromatic carbocycles. The molecule has 18 heavy (non-hydrogen) atoms. The van der Waals surface area contributed by atoms with Crippen molar-refractivity contribution in [2.75, 3.05) is 32.8 Å². The van der Waals surface area contributed by atoms with Crippen LogP contribution in [0.4, 0.5) is 0 Å². The molecule has 1 N–H and O–H groups in total. The van der Waals surface area contributed by atoms with E-state index in [9.17, 15) is 0 Å². The normalized spacial score (nSPS) is 30.0. The summed E-state index contributed by atoms with van der Waals surface area (Å²) in [5.74, 6) is 1.61.